The lowest BCUT2D eigenvalue weighted by Crippen LogP contribution is -2.36. The van der Waals surface area contributed by atoms with Crippen LogP contribution in [-0.2, 0) is 11.3 Å². The minimum atomic E-state index is 0.418. The molecular weight excluding hydrogens is 374 g/mol. The van der Waals surface area contributed by atoms with E-state index in [0.717, 1.165) is 53.3 Å². The van der Waals surface area contributed by atoms with Gasteiger partial charge < -0.3 is 14.7 Å². The van der Waals surface area contributed by atoms with Gasteiger partial charge in [0.1, 0.15) is 5.82 Å². The molecule has 3 aromatic heterocycles. The maximum absolute atomic E-state index is 5.46. The third-order valence-electron chi connectivity index (χ3n) is 5.64. The van der Waals surface area contributed by atoms with Gasteiger partial charge in [-0.15, -0.1) is 0 Å². The molecule has 1 atom stereocenters. The maximum Gasteiger partial charge on any atom is 0.178 e. The molecule has 6 nitrogen and oxygen atoms in total. The molecule has 0 bridgehead atoms. The Morgan fingerprint density at radius 2 is 1.97 bits per heavy atom. The highest BCUT2D eigenvalue weighted by Crippen LogP contribution is 2.29. The monoisotopic (exact) mass is 405 g/mol. The Bertz CT molecular complexity index is 1140. The number of aryl methyl sites for hydroxylation is 1. The number of fused-ring (bicyclic) bond motifs is 2. The van der Waals surface area contributed by atoms with Crippen molar-refractivity contribution in [2.45, 2.75) is 39.8 Å². The first-order valence-electron chi connectivity index (χ1n) is 10.6. The molecular formula is C24H31N5O. The van der Waals surface area contributed by atoms with E-state index < -0.39 is 0 Å². The first-order chi connectivity index (χ1) is 14.4. The van der Waals surface area contributed by atoms with Crippen LogP contribution >= 0.6 is 0 Å². The normalized spacial score (nSPS) is 13.2. The largest absolute Gasteiger partial charge is 0.383 e. The Balaban J connectivity index is 1.61. The predicted molar refractivity (Wildman–Crippen MR) is 123 cm³/mol. The number of imidazole rings is 1. The molecule has 0 saturated heterocycles. The summed E-state index contributed by atoms with van der Waals surface area (Å²) in [7, 11) is 3.97. The van der Waals surface area contributed by atoms with Gasteiger partial charge in [0.15, 0.2) is 5.65 Å². The standard InChI is InChI=1S/C24H31N5O/c1-15(2)10-19(14-30-5)29(4)13-17-6-7-21-18(11-17)12-22(28-21)20-8-9-25-24-23(20)26-16(3)27-24/h6-9,11-12,15,19,28H,10,13-14H2,1-5H3,(H,25,26,27)/t19-/m1/s1. The lowest BCUT2D eigenvalue weighted by Gasteiger charge is -2.29. The number of aromatic amines is 2. The number of pyridine rings is 1. The number of likely N-dealkylation sites (N-methyl/N-ethyl adjacent to an activating group) is 1. The van der Waals surface area contributed by atoms with Crippen LogP contribution in [0.1, 0.15) is 31.7 Å². The molecule has 0 aliphatic rings. The SMILES string of the molecule is COC[C@@H](CC(C)C)N(C)Cc1ccc2[nH]c(-c3ccnc4nc(C)[nH]c34)cc2c1. The van der Waals surface area contributed by atoms with Gasteiger partial charge >= 0.3 is 0 Å². The molecule has 158 valence electrons. The molecule has 0 spiro atoms. The fraction of sp³-hybridized carbons (Fsp3) is 0.417. The zero-order chi connectivity index (χ0) is 21.3. The summed E-state index contributed by atoms with van der Waals surface area (Å²) < 4.78 is 5.46. The van der Waals surface area contributed by atoms with E-state index in [9.17, 15) is 0 Å². The fourth-order valence-corrected chi connectivity index (χ4v) is 4.21. The topological polar surface area (TPSA) is 69.8 Å². The lowest BCUT2D eigenvalue weighted by atomic mass is 10.0. The zero-order valence-electron chi connectivity index (χ0n) is 18.5. The van der Waals surface area contributed by atoms with Crippen molar-refractivity contribution in [3.63, 3.8) is 0 Å². The second-order valence-electron chi connectivity index (χ2n) is 8.64. The van der Waals surface area contributed by atoms with Crippen molar-refractivity contribution in [2.24, 2.45) is 5.92 Å². The van der Waals surface area contributed by atoms with Crippen molar-refractivity contribution < 1.29 is 4.74 Å². The number of nitrogens with one attached hydrogen (secondary N) is 2. The summed E-state index contributed by atoms with van der Waals surface area (Å²) in [4.78, 5) is 18.1. The van der Waals surface area contributed by atoms with Crippen molar-refractivity contribution in [3.05, 3.63) is 47.9 Å². The first kappa shape index (κ1) is 20.6. The third kappa shape index (κ3) is 4.25. The van der Waals surface area contributed by atoms with Crippen molar-refractivity contribution in [3.8, 4) is 11.3 Å². The Hall–Kier alpha value is -2.70. The molecule has 4 aromatic rings. The van der Waals surface area contributed by atoms with Crippen LogP contribution < -0.4 is 0 Å². The van der Waals surface area contributed by atoms with Crippen molar-refractivity contribution >= 4 is 22.1 Å². The Labute approximate surface area is 177 Å². The van der Waals surface area contributed by atoms with E-state index in [1.807, 2.05) is 19.2 Å². The van der Waals surface area contributed by atoms with E-state index in [1.165, 1.54) is 10.9 Å². The summed E-state index contributed by atoms with van der Waals surface area (Å²) in [6.45, 7) is 8.14. The molecule has 0 saturated carbocycles. The van der Waals surface area contributed by atoms with Crippen molar-refractivity contribution in [1.29, 1.82) is 0 Å². The quantitative estimate of drug-likeness (QED) is 0.437. The second-order valence-corrected chi connectivity index (χ2v) is 8.64. The van der Waals surface area contributed by atoms with Gasteiger partial charge in [-0.1, -0.05) is 19.9 Å². The third-order valence-corrected chi connectivity index (χ3v) is 5.64. The van der Waals surface area contributed by atoms with Crippen molar-refractivity contribution in [2.75, 3.05) is 20.8 Å². The van der Waals surface area contributed by atoms with Crippen LogP contribution in [0.2, 0.25) is 0 Å². The van der Waals surface area contributed by atoms with Gasteiger partial charge in [-0.3, -0.25) is 4.90 Å². The van der Waals surface area contributed by atoms with Crippen LogP contribution in [0.15, 0.2) is 36.5 Å². The summed E-state index contributed by atoms with van der Waals surface area (Å²) in [5, 5.41) is 1.21. The summed E-state index contributed by atoms with van der Waals surface area (Å²) in [5.74, 6) is 1.52. The molecule has 2 N–H and O–H groups in total. The maximum atomic E-state index is 5.46. The highest BCUT2D eigenvalue weighted by molar-refractivity contribution is 5.94. The highest BCUT2D eigenvalue weighted by atomic mass is 16.5. The summed E-state index contributed by atoms with van der Waals surface area (Å²) in [6.07, 6.45) is 2.94. The predicted octanol–water partition coefficient (Wildman–Crippen LogP) is 4.91. The smallest absolute Gasteiger partial charge is 0.178 e. The second kappa shape index (κ2) is 8.58. The van der Waals surface area contributed by atoms with Crippen molar-refractivity contribution in [1.82, 2.24) is 24.8 Å². The van der Waals surface area contributed by atoms with E-state index in [2.05, 4.69) is 70.0 Å². The molecule has 0 fully saturated rings. The molecule has 0 unspecified atom stereocenters. The molecule has 3 heterocycles. The lowest BCUT2D eigenvalue weighted by molar-refractivity contribution is 0.0897. The Morgan fingerprint density at radius 1 is 1.13 bits per heavy atom. The van der Waals surface area contributed by atoms with Gasteiger partial charge in [0.2, 0.25) is 0 Å². The molecule has 4 rings (SSSR count). The number of H-pyrrole nitrogens is 2. The molecule has 6 heteroatoms. The van der Waals surface area contributed by atoms with Crippen LogP contribution in [0.3, 0.4) is 0 Å². The molecule has 0 aliphatic carbocycles. The summed E-state index contributed by atoms with van der Waals surface area (Å²) in [6, 6.07) is 11.3. The molecule has 30 heavy (non-hydrogen) atoms. The van der Waals surface area contributed by atoms with Gasteiger partial charge in [-0.2, -0.15) is 0 Å². The first-order valence-corrected chi connectivity index (χ1v) is 10.6. The number of hydrogen-bond acceptors (Lipinski definition) is 4. The van der Waals surface area contributed by atoms with Crippen LogP contribution in [0, 0.1) is 12.8 Å². The van der Waals surface area contributed by atoms with Crippen LogP contribution in [0.4, 0.5) is 0 Å². The summed E-state index contributed by atoms with van der Waals surface area (Å²) in [5.41, 5.74) is 6.32. The van der Waals surface area contributed by atoms with Gasteiger partial charge in [0.25, 0.3) is 0 Å². The van der Waals surface area contributed by atoms with Gasteiger partial charge in [0, 0.05) is 48.1 Å². The summed E-state index contributed by atoms with van der Waals surface area (Å²) >= 11 is 0. The van der Waals surface area contributed by atoms with E-state index in [1.54, 1.807) is 7.11 Å². The van der Waals surface area contributed by atoms with Gasteiger partial charge in [-0.05, 0) is 56.1 Å². The highest BCUT2D eigenvalue weighted by Gasteiger charge is 2.17. The number of aromatic nitrogens is 4. The number of hydrogen-bond donors (Lipinski definition) is 2. The molecule has 1 aromatic carbocycles. The number of benzene rings is 1. The molecule has 0 radical (unpaired) electrons. The van der Waals surface area contributed by atoms with E-state index >= 15 is 0 Å². The Kier molecular flexibility index (Phi) is 5.88. The number of methoxy groups -OCH3 is 1. The van der Waals surface area contributed by atoms with E-state index in [0.29, 0.717) is 12.0 Å². The number of nitrogens with zero attached hydrogens (tertiary/aromatic N) is 3. The minimum Gasteiger partial charge on any atom is -0.383 e. The van der Waals surface area contributed by atoms with Crippen LogP contribution in [0.5, 0.6) is 0 Å². The van der Waals surface area contributed by atoms with E-state index in [-0.39, 0.29) is 0 Å². The average molecular weight is 406 g/mol. The van der Waals surface area contributed by atoms with Crippen LogP contribution in [0.25, 0.3) is 33.3 Å². The Morgan fingerprint density at radius 3 is 2.73 bits per heavy atom. The number of ether oxygens (including phenoxy) is 1. The van der Waals surface area contributed by atoms with E-state index in [4.69, 9.17) is 4.74 Å². The zero-order valence-corrected chi connectivity index (χ0v) is 18.5. The van der Waals surface area contributed by atoms with Crippen LogP contribution in [-0.4, -0.2) is 51.6 Å². The fourth-order valence-electron chi connectivity index (χ4n) is 4.21. The average Bonchev–Trinajstić information content (AvgIpc) is 3.28. The number of rotatable bonds is 8. The van der Waals surface area contributed by atoms with Gasteiger partial charge in [0.05, 0.1) is 12.1 Å². The van der Waals surface area contributed by atoms with Gasteiger partial charge in [-0.25, -0.2) is 9.97 Å². The molecule has 0 aliphatic heterocycles. The molecule has 0 amide bonds. The minimum absolute atomic E-state index is 0.418.